The molecule has 23 heavy (non-hydrogen) atoms. The summed E-state index contributed by atoms with van der Waals surface area (Å²) in [5, 5.41) is 0. The van der Waals surface area contributed by atoms with Crippen LogP contribution in [0.1, 0.15) is 70.2 Å². The molecule has 0 aliphatic heterocycles. The zero-order valence-corrected chi connectivity index (χ0v) is 15.0. The van der Waals surface area contributed by atoms with Crippen molar-refractivity contribution in [3.8, 4) is 0 Å². The van der Waals surface area contributed by atoms with E-state index in [4.69, 9.17) is 0 Å². The average Bonchev–Trinajstić information content (AvgIpc) is 2.95. The van der Waals surface area contributed by atoms with E-state index in [2.05, 4.69) is 65.7 Å². The first-order valence-electron chi connectivity index (χ1n) is 9.46. The fraction of sp³-hybridized carbons (Fsp3) is 0.571. The number of aromatic nitrogens is 2. The molecule has 2 aromatic rings. The fourth-order valence-corrected chi connectivity index (χ4v) is 3.15. The Bertz CT molecular complexity index is 542. The Morgan fingerprint density at radius 3 is 2.35 bits per heavy atom. The van der Waals surface area contributed by atoms with E-state index >= 15 is 0 Å². The Kier molecular flexibility index (Phi) is 7.92. The smallest absolute Gasteiger partial charge is 0.234 e. The second-order valence-electron chi connectivity index (χ2n) is 6.54. The van der Waals surface area contributed by atoms with Gasteiger partial charge >= 0.3 is 0 Å². The molecule has 0 aliphatic rings. The number of rotatable bonds is 11. The summed E-state index contributed by atoms with van der Waals surface area (Å²) in [6, 6.07) is 10.8. The fourth-order valence-electron chi connectivity index (χ4n) is 3.15. The van der Waals surface area contributed by atoms with Gasteiger partial charge in [0.15, 0.2) is 0 Å². The predicted octanol–water partition coefficient (Wildman–Crippen LogP) is 5.14. The van der Waals surface area contributed by atoms with Crippen molar-refractivity contribution >= 4 is 0 Å². The maximum atomic E-state index is 2.49. The zero-order chi connectivity index (χ0) is 16.3. The lowest BCUT2D eigenvalue weighted by atomic mass is 10.1. The van der Waals surface area contributed by atoms with E-state index in [0.29, 0.717) is 0 Å². The standard InChI is InChI=1S/C21H33N2/c1-3-5-7-12-16-22-17-18-23(21(22)15-9-6-4-2)19-20-13-10-8-11-14-20/h8,10-11,13-14,17-18H,3-7,9,12,15-16,19H2,1-2H3/q+1. The molecular weight excluding hydrogens is 280 g/mol. The van der Waals surface area contributed by atoms with Gasteiger partial charge in [0.2, 0.25) is 0 Å². The number of benzene rings is 1. The zero-order valence-electron chi connectivity index (χ0n) is 15.0. The molecule has 0 spiro atoms. The Morgan fingerprint density at radius 1 is 0.870 bits per heavy atom. The first-order chi connectivity index (χ1) is 11.3. The average molecular weight is 314 g/mol. The van der Waals surface area contributed by atoms with Crippen LogP contribution in [0.15, 0.2) is 42.7 Å². The minimum absolute atomic E-state index is 0.990. The van der Waals surface area contributed by atoms with Gasteiger partial charge in [-0.05, 0) is 24.8 Å². The van der Waals surface area contributed by atoms with E-state index in [0.717, 1.165) is 6.54 Å². The molecular formula is C21H33N2+. The highest BCUT2D eigenvalue weighted by molar-refractivity contribution is 5.13. The lowest BCUT2D eigenvalue weighted by Crippen LogP contribution is -2.37. The summed E-state index contributed by atoms with van der Waals surface area (Å²) in [5.41, 5.74) is 1.39. The molecule has 0 amide bonds. The van der Waals surface area contributed by atoms with Crippen molar-refractivity contribution in [3.05, 3.63) is 54.1 Å². The second kappa shape index (κ2) is 10.3. The number of hydrogen-bond acceptors (Lipinski definition) is 0. The lowest BCUT2D eigenvalue weighted by Gasteiger charge is -2.06. The normalized spacial score (nSPS) is 11.0. The van der Waals surface area contributed by atoms with Crippen LogP contribution in [0.2, 0.25) is 0 Å². The van der Waals surface area contributed by atoms with Crippen LogP contribution in [0.25, 0.3) is 0 Å². The summed E-state index contributed by atoms with van der Waals surface area (Å²) in [5.74, 6) is 1.50. The summed E-state index contributed by atoms with van der Waals surface area (Å²) in [7, 11) is 0. The Balaban J connectivity index is 2.05. The molecule has 0 N–H and O–H groups in total. The minimum Gasteiger partial charge on any atom is -0.234 e. The van der Waals surface area contributed by atoms with Crippen LogP contribution in [0.5, 0.6) is 0 Å². The molecule has 0 aliphatic carbocycles. The van der Waals surface area contributed by atoms with Crippen LogP contribution in [0.4, 0.5) is 0 Å². The third kappa shape index (κ3) is 5.85. The molecule has 2 nitrogen and oxygen atoms in total. The van der Waals surface area contributed by atoms with Gasteiger partial charge in [-0.3, -0.25) is 0 Å². The van der Waals surface area contributed by atoms with Crippen molar-refractivity contribution in [2.45, 2.75) is 78.3 Å². The SMILES string of the molecule is CCCCCCn1cc[n+](Cc2ccccc2)c1CCCCC. The number of imidazole rings is 1. The van der Waals surface area contributed by atoms with Gasteiger partial charge in [0.05, 0.1) is 6.54 Å². The minimum atomic E-state index is 0.990. The number of nitrogens with zero attached hydrogens (tertiary/aromatic N) is 2. The lowest BCUT2D eigenvalue weighted by molar-refractivity contribution is -0.695. The molecule has 0 unspecified atom stereocenters. The molecule has 0 bridgehead atoms. The summed E-state index contributed by atoms with van der Waals surface area (Å²) in [6.07, 6.45) is 15.0. The summed E-state index contributed by atoms with van der Waals surface area (Å²) in [4.78, 5) is 0. The van der Waals surface area contributed by atoms with Crippen LogP contribution < -0.4 is 4.57 Å². The summed E-state index contributed by atoms with van der Waals surface area (Å²) >= 11 is 0. The van der Waals surface area contributed by atoms with Crippen molar-refractivity contribution < 1.29 is 4.57 Å². The topological polar surface area (TPSA) is 8.81 Å². The maximum absolute atomic E-state index is 2.49. The van der Waals surface area contributed by atoms with E-state index in [1.807, 2.05) is 0 Å². The Hall–Kier alpha value is -1.57. The van der Waals surface area contributed by atoms with E-state index in [1.165, 1.54) is 69.3 Å². The van der Waals surface area contributed by atoms with Crippen molar-refractivity contribution in [3.63, 3.8) is 0 Å². The van der Waals surface area contributed by atoms with E-state index in [-0.39, 0.29) is 0 Å². The van der Waals surface area contributed by atoms with Crippen LogP contribution in [-0.2, 0) is 19.5 Å². The monoisotopic (exact) mass is 313 g/mol. The van der Waals surface area contributed by atoms with E-state index < -0.39 is 0 Å². The molecule has 0 fully saturated rings. The molecule has 1 heterocycles. The largest absolute Gasteiger partial charge is 0.256 e. The molecule has 0 saturated carbocycles. The van der Waals surface area contributed by atoms with Gasteiger partial charge in [0, 0.05) is 6.42 Å². The van der Waals surface area contributed by atoms with Gasteiger partial charge < -0.3 is 0 Å². The van der Waals surface area contributed by atoms with Gasteiger partial charge in [-0.1, -0.05) is 69.9 Å². The molecule has 0 atom stereocenters. The van der Waals surface area contributed by atoms with Crippen molar-refractivity contribution in [1.29, 1.82) is 0 Å². The van der Waals surface area contributed by atoms with Crippen LogP contribution >= 0.6 is 0 Å². The molecule has 0 radical (unpaired) electrons. The van der Waals surface area contributed by atoms with Crippen molar-refractivity contribution in [1.82, 2.24) is 4.57 Å². The number of unbranched alkanes of at least 4 members (excludes halogenated alkanes) is 5. The van der Waals surface area contributed by atoms with E-state index in [1.54, 1.807) is 0 Å². The first-order valence-corrected chi connectivity index (χ1v) is 9.46. The van der Waals surface area contributed by atoms with Gasteiger partial charge in [0.25, 0.3) is 5.82 Å². The predicted molar refractivity (Wildman–Crippen MR) is 97.5 cm³/mol. The summed E-state index contributed by atoms with van der Waals surface area (Å²) in [6.45, 7) is 6.72. The van der Waals surface area contributed by atoms with Gasteiger partial charge in [-0.15, -0.1) is 0 Å². The molecule has 2 heteroatoms. The quantitative estimate of drug-likeness (QED) is 0.401. The van der Waals surface area contributed by atoms with Gasteiger partial charge in [-0.25, -0.2) is 9.13 Å². The Morgan fingerprint density at radius 2 is 1.61 bits per heavy atom. The highest BCUT2D eigenvalue weighted by atomic mass is 15.1. The number of hydrogen-bond donors (Lipinski definition) is 0. The van der Waals surface area contributed by atoms with Crippen LogP contribution in [-0.4, -0.2) is 4.57 Å². The number of aryl methyl sites for hydroxylation is 1. The molecule has 0 saturated heterocycles. The highest BCUT2D eigenvalue weighted by Crippen LogP contribution is 2.09. The molecule has 2 rings (SSSR count). The van der Waals surface area contributed by atoms with Crippen molar-refractivity contribution in [2.75, 3.05) is 0 Å². The van der Waals surface area contributed by atoms with E-state index in [9.17, 15) is 0 Å². The molecule has 1 aromatic heterocycles. The highest BCUT2D eigenvalue weighted by Gasteiger charge is 2.16. The first kappa shape index (κ1) is 17.8. The Labute approximate surface area is 142 Å². The van der Waals surface area contributed by atoms with Crippen molar-refractivity contribution in [2.24, 2.45) is 0 Å². The molecule has 1 aromatic carbocycles. The summed E-state index contributed by atoms with van der Waals surface area (Å²) < 4.78 is 4.94. The second-order valence-corrected chi connectivity index (χ2v) is 6.54. The maximum Gasteiger partial charge on any atom is 0.256 e. The third-order valence-corrected chi connectivity index (χ3v) is 4.54. The van der Waals surface area contributed by atoms with Crippen LogP contribution in [0, 0.1) is 0 Å². The third-order valence-electron chi connectivity index (χ3n) is 4.54. The van der Waals surface area contributed by atoms with Gasteiger partial charge in [-0.2, -0.15) is 0 Å². The molecule has 126 valence electrons. The van der Waals surface area contributed by atoms with Gasteiger partial charge in [0.1, 0.15) is 18.9 Å². The van der Waals surface area contributed by atoms with Crippen LogP contribution in [0.3, 0.4) is 0 Å².